The minimum absolute atomic E-state index is 0.384. The minimum Gasteiger partial charge on any atom is -0.497 e. The van der Waals surface area contributed by atoms with Gasteiger partial charge in [0.25, 0.3) is 0 Å². The van der Waals surface area contributed by atoms with Crippen molar-refractivity contribution >= 4 is 0 Å². The van der Waals surface area contributed by atoms with Crippen LogP contribution in [0, 0.1) is 0 Å². The molecule has 0 bridgehead atoms. The Bertz CT molecular complexity index is 565. The first-order valence-corrected chi connectivity index (χ1v) is 6.76. The van der Waals surface area contributed by atoms with Gasteiger partial charge >= 0.3 is 0 Å². The number of hydrogen-bond acceptors (Lipinski definition) is 4. The Morgan fingerprint density at radius 1 is 0.857 bits per heavy atom. The second-order valence-corrected chi connectivity index (χ2v) is 4.72. The minimum atomic E-state index is -0.720. The first-order chi connectivity index (χ1) is 10.1. The maximum Gasteiger partial charge on any atom is 0.126 e. The highest BCUT2D eigenvalue weighted by atomic mass is 16.5. The molecule has 1 N–H and O–H groups in total. The number of aliphatic hydroxyl groups excluding tert-OH is 1. The van der Waals surface area contributed by atoms with Gasteiger partial charge in [0.15, 0.2) is 0 Å². The van der Waals surface area contributed by atoms with Gasteiger partial charge in [-0.1, -0.05) is 18.2 Å². The van der Waals surface area contributed by atoms with Crippen molar-refractivity contribution in [1.29, 1.82) is 0 Å². The Balaban J connectivity index is 2.05. The van der Waals surface area contributed by atoms with Gasteiger partial charge in [-0.15, -0.1) is 0 Å². The summed E-state index contributed by atoms with van der Waals surface area (Å²) in [6, 6.07) is 14.6. The standard InChI is InChI=1S/C17H20O4/c1-12(21-16-6-4-5-15(11-16)20-3)17(18)13-7-9-14(19-2)10-8-13/h4-12,17-18H,1-3H3. The van der Waals surface area contributed by atoms with Crippen molar-refractivity contribution in [2.24, 2.45) is 0 Å². The summed E-state index contributed by atoms with van der Waals surface area (Å²) in [6.07, 6.45) is -1.10. The van der Waals surface area contributed by atoms with Crippen molar-refractivity contribution in [3.63, 3.8) is 0 Å². The Morgan fingerprint density at radius 2 is 1.48 bits per heavy atom. The van der Waals surface area contributed by atoms with Crippen molar-refractivity contribution in [3.05, 3.63) is 54.1 Å². The average Bonchev–Trinajstić information content (AvgIpc) is 2.54. The van der Waals surface area contributed by atoms with Crippen LogP contribution >= 0.6 is 0 Å². The molecule has 2 rings (SSSR count). The lowest BCUT2D eigenvalue weighted by atomic mass is 10.1. The van der Waals surface area contributed by atoms with E-state index in [0.717, 1.165) is 17.1 Å². The van der Waals surface area contributed by atoms with E-state index >= 15 is 0 Å². The average molecular weight is 288 g/mol. The molecule has 0 saturated heterocycles. The van der Waals surface area contributed by atoms with Gasteiger partial charge in [-0.3, -0.25) is 0 Å². The zero-order valence-corrected chi connectivity index (χ0v) is 12.4. The van der Waals surface area contributed by atoms with E-state index in [4.69, 9.17) is 14.2 Å². The highest BCUT2D eigenvalue weighted by molar-refractivity contribution is 5.33. The predicted molar refractivity (Wildman–Crippen MR) is 81.0 cm³/mol. The van der Waals surface area contributed by atoms with Crippen molar-refractivity contribution < 1.29 is 19.3 Å². The Labute approximate surface area is 124 Å². The monoisotopic (exact) mass is 288 g/mol. The van der Waals surface area contributed by atoms with E-state index in [1.54, 1.807) is 20.3 Å². The zero-order chi connectivity index (χ0) is 15.2. The van der Waals surface area contributed by atoms with E-state index in [1.807, 2.05) is 49.4 Å². The molecule has 4 nitrogen and oxygen atoms in total. The number of aliphatic hydroxyl groups is 1. The van der Waals surface area contributed by atoms with Gasteiger partial charge < -0.3 is 19.3 Å². The van der Waals surface area contributed by atoms with Crippen LogP contribution in [0.2, 0.25) is 0 Å². The van der Waals surface area contributed by atoms with Crippen molar-refractivity contribution in [2.75, 3.05) is 14.2 Å². The second kappa shape index (κ2) is 6.99. The largest absolute Gasteiger partial charge is 0.497 e. The molecular weight excluding hydrogens is 268 g/mol. The third-order valence-electron chi connectivity index (χ3n) is 3.27. The Morgan fingerprint density at radius 3 is 2.10 bits per heavy atom. The van der Waals surface area contributed by atoms with E-state index in [0.29, 0.717) is 5.75 Å². The summed E-state index contributed by atoms with van der Waals surface area (Å²) in [6.45, 7) is 1.83. The van der Waals surface area contributed by atoms with Crippen LogP contribution in [0.25, 0.3) is 0 Å². The van der Waals surface area contributed by atoms with Gasteiger partial charge in [0, 0.05) is 6.07 Å². The van der Waals surface area contributed by atoms with Gasteiger partial charge in [-0.05, 0) is 36.8 Å². The molecule has 0 fully saturated rings. The van der Waals surface area contributed by atoms with Crippen LogP contribution in [-0.4, -0.2) is 25.4 Å². The Kier molecular flexibility index (Phi) is 5.06. The number of rotatable bonds is 6. The smallest absolute Gasteiger partial charge is 0.126 e. The summed E-state index contributed by atoms with van der Waals surface area (Å²) in [7, 11) is 3.22. The quantitative estimate of drug-likeness (QED) is 0.886. The summed E-state index contributed by atoms with van der Waals surface area (Å²) in [4.78, 5) is 0. The molecule has 0 amide bonds. The van der Waals surface area contributed by atoms with Gasteiger partial charge in [-0.25, -0.2) is 0 Å². The predicted octanol–water partition coefficient (Wildman–Crippen LogP) is 3.20. The topological polar surface area (TPSA) is 47.9 Å². The van der Waals surface area contributed by atoms with Crippen LogP contribution in [0.4, 0.5) is 0 Å². The second-order valence-electron chi connectivity index (χ2n) is 4.72. The molecular formula is C17H20O4. The molecule has 2 aromatic carbocycles. The van der Waals surface area contributed by atoms with Crippen molar-refractivity contribution in [2.45, 2.75) is 19.1 Å². The third kappa shape index (κ3) is 3.89. The normalized spacial score (nSPS) is 13.3. The lowest BCUT2D eigenvalue weighted by Gasteiger charge is -2.21. The molecule has 0 aliphatic carbocycles. The summed E-state index contributed by atoms with van der Waals surface area (Å²) < 4.78 is 16.0. The van der Waals surface area contributed by atoms with Crippen LogP contribution in [0.3, 0.4) is 0 Å². The van der Waals surface area contributed by atoms with E-state index in [9.17, 15) is 5.11 Å². The molecule has 0 radical (unpaired) electrons. The van der Waals surface area contributed by atoms with Gasteiger partial charge in [-0.2, -0.15) is 0 Å². The van der Waals surface area contributed by atoms with Gasteiger partial charge in [0.05, 0.1) is 14.2 Å². The molecule has 0 aromatic heterocycles. The van der Waals surface area contributed by atoms with E-state index in [-0.39, 0.29) is 6.10 Å². The molecule has 4 heteroatoms. The number of methoxy groups -OCH3 is 2. The first kappa shape index (κ1) is 15.2. The SMILES string of the molecule is COc1ccc(C(O)C(C)Oc2cccc(OC)c2)cc1. The summed E-state index contributed by atoms with van der Waals surface area (Å²) in [5.74, 6) is 2.14. The molecule has 0 saturated carbocycles. The lowest BCUT2D eigenvalue weighted by molar-refractivity contribution is 0.0466. The lowest BCUT2D eigenvalue weighted by Crippen LogP contribution is -2.21. The number of benzene rings is 2. The molecule has 112 valence electrons. The highest BCUT2D eigenvalue weighted by Crippen LogP contribution is 2.25. The van der Waals surface area contributed by atoms with Gasteiger partial charge in [0.2, 0.25) is 0 Å². The first-order valence-electron chi connectivity index (χ1n) is 6.76. The number of ether oxygens (including phenoxy) is 3. The fourth-order valence-electron chi connectivity index (χ4n) is 2.03. The fraction of sp³-hybridized carbons (Fsp3) is 0.294. The van der Waals surface area contributed by atoms with Crippen molar-refractivity contribution in [1.82, 2.24) is 0 Å². The highest BCUT2D eigenvalue weighted by Gasteiger charge is 2.18. The molecule has 21 heavy (non-hydrogen) atoms. The van der Waals surface area contributed by atoms with Crippen LogP contribution < -0.4 is 14.2 Å². The van der Waals surface area contributed by atoms with Crippen LogP contribution in [0.5, 0.6) is 17.2 Å². The van der Waals surface area contributed by atoms with Crippen molar-refractivity contribution in [3.8, 4) is 17.2 Å². The molecule has 2 aromatic rings. The number of hydrogen-bond donors (Lipinski definition) is 1. The summed E-state index contributed by atoms with van der Waals surface area (Å²) in [5.41, 5.74) is 0.784. The molecule has 2 unspecified atom stereocenters. The van der Waals surface area contributed by atoms with Crippen LogP contribution in [0.1, 0.15) is 18.6 Å². The summed E-state index contributed by atoms with van der Waals surface area (Å²) in [5, 5.41) is 10.3. The van der Waals surface area contributed by atoms with E-state index < -0.39 is 6.10 Å². The molecule has 0 spiro atoms. The zero-order valence-electron chi connectivity index (χ0n) is 12.4. The molecule has 0 heterocycles. The Hall–Kier alpha value is -2.20. The summed E-state index contributed by atoms with van der Waals surface area (Å²) >= 11 is 0. The molecule has 0 aliphatic heterocycles. The molecule has 0 aliphatic rings. The third-order valence-corrected chi connectivity index (χ3v) is 3.27. The van der Waals surface area contributed by atoms with Crippen LogP contribution in [-0.2, 0) is 0 Å². The maximum absolute atomic E-state index is 10.3. The van der Waals surface area contributed by atoms with E-state index in [2.05, 4.69) is 0 Å². The van der Waals surface area contributed by atoms with E-state index in [1.165, 1.54) is 0 Å². The van der Waals surface area contributed by atoms with Crippen LogP contribution in [0.15, 0.2) is 48.5 Å². The molecule has 2 atom stereocenters. The van der Waals surface area contributed by atoms with Gasteiger partial charge in [0.1, 0.15) is 29.5 Å². The maximum atomic E-state index is 10.3. The fourth-order valence-corrected chi connectivity index (χ4v) is 2.03.